The Kier molecular flexibility index (Phi) is 3.15. The maximum atomic E-state index is 2.49. The van der Waals surface area contributed by atoms with Crippen LogP contribution in [0.25, 0.3) is 0 Å². The molecule has 0 N–H and O–H groups in total. The predicted octanol–water partition coefficient (Wildman–Crippen LogP) is 5.96. The molecule has 2 rings (SSSR count). The summed E-state index contributed by atoms with van der Waals surface area (Å²) < 4.78 is 0. The zero-order chi connectivity index (χ0) is 13.0. The SMILES string of the molecule is CCC1=C(CC)P1C1(C)C(C)=C(C)C(C)=C1C. The molecule has 0 aromatic carbocycles. The van der Waals surface area contributed by atoms with Crippen molar-refractivity contribution in [3.05, 3.63) is 32.9 Å². The lowest BCUT2D eigenvalue weighted by Gasteiger charge is -2.31. The first-order chi connectivity index (χ1) is 7.91. The van der Waals surface area contributed by atoms with Gasteiger partial charge in [0.05, 0.1) is 0 Å². The van der Waals surface area contributed by atoms with Crippen molar-refractivity contribution in [2.24, 2.45) is 0 Å². The number of hydrogen-bond donors (Lipinski definition) is 0. The van der Waals surface area contributed by atoms with E-state index in [0.29, 0.717) is 5.16 Å². The van der Waals surface area contributed by atoms with Gasteiger partial charge in [-0.3, -0.25) is 0 Å². The maximum absolute atomic E-state index is 2.49. The molecular weight excluding hydrogens is 223 g/mol. The molecule has 0 bridgehead atoms. The average molecular weight is 248 g/mol. The normalized spacial score (nSPS) is 24.2. The van der Waals surface area contributed by atoms with E-state index in [1.165, 1.54) is 12.8 Å². The Bertz CT molecular complexity index is 422. The molecule has 17 heavy (non-hydrogen) atoms. The van der Waals surface area contributed by atoms with Crippen molar-refractivity contribution in [2.75, 3.05) is 0 Å². The van der Waals surface area contributed by atoms with Crippen LogP contribution in [0.4, 0.5) is 0 Å². The summed E-state index contributed by atoms with van der Waals surface area (Å²) in [6.07, 6.45) is 2.53. The van der Waals surface area contributed by atoms with Gasteiger partial charge in [-0.15, -0.1) is 0 Å². The first-order valence-electron chi connectivity index (χ1n) is 6.79. The summed E-state index contributed by atoms with van der Waals surface area (Å²) in [5, 5.41) is 3.96. The van der Waals surface area contributed by atoms with E-state index >= 15 is 0 Å². The zero-order valence-electron chi connectivity index (χ0n) is 12.4. The molecule has 0 aromatic rings. The van der Waals surface area contributed by atoms with Gasteiger partial charge in [-0.25, -0.2) is 0 Å². The van der Waals surface area contributed by atoms with Crippen molar-refractivity contribution in [2.45, 2.75) is 66.5 Å². The molecule has 0 fully saturated rings. The highest BCUT2D eigenvalue weighted by Gasteiger charge is 2.51. The molecule has 1 heterocycles. The second-order valence-electron chi connectivity index (χ2n) is 5.51. The van der Waals surface area contributed by atoms with Crippen LogP contribution in [-0.4, -0.2) is 5.16 Å². The summed E-state index contributed by atoms with van der Waals surface area (Å²) in [6, 6.07) is 0. The third-order valence-electron chi connectivity index (χ3n) is 5.09. The predicted molar refractivity (Wildman–Crippen MR) is 79.7 cm³/mol. The van der Waals surface area contributed by atoms with E-state index in [1.807, 2.05) is 0 Å². The van der Waals surface area contributed by atoms with Crippen molar-refractivity contribution < 1.29 is 0 Å². The minimum Gasteiger partial charge on any atom is -0.0612 e. The molecule has 0 saturated heterocycles. The smallest absolute Gasteiger partial charge is 0.0374 e. The minimum absolute atomic E-state index is 0.0249. The molecule has 1 heteroatoms. The lowest BCUT2D eigenvalue weighted by molar-refractivity contribution is 0.864. The van der Waals surface area contributed by atoms with E-state index in [0.717, 1.165) is 0 Å². The van der Waals surface area contributed by atoms with Crippen LogP contribution in [0.15, 0.2) is 32.9 Å². The topological polar surface area (TPSA) is 0 Å². The third kappa shape index (κ3) is 1.53. The molecule has 0 saturated carbocycles. The van der Waals surface area contributed by atoms with E-state index in [2.05, 4.69) is 48.5 Å². The van der Waals surface area contributed by atoms with Gasteiger partial charge in [-0.2, -0.15) is 0 Å². The first-order valence-corrected chi connectivity index (χ1v) is 8.13. The van der Waals surface area contributed by atoms with Gasteiger partial charge in [0, 0.05) is 5.16 Å². The van der Waals surface area contributed by atoms with Gasteiger partial charge < -0.3 is 0 Å². The van der Waals surface area contributed by atoms with E-state index in [1.54, 1.807) is 32.9 Å². The van der Waals surface area contributed by atoms with Crippen molar-refractivity contribution in [3.63, 3.8) is 0 Å². The summed E-state index contributed by atoms with van der Waals surface area (Å²) in [5.41, 5.74) is 6.36. The summed E-state index contributed by atoms with van der Waals surface area (Å²) in [7, 11) is 0.0249. The lowest BCUT2D eigenvalue weighted by atomic mass is 9.98. The standard InChI is InChI=1S/C16H25P/c1-8-14-15(9-2)17(14)16(7)12(5)10(3)11(4)13(16)6/h8-9H2,1-7H3. The Morgan fingerprint density at radius 2 is 1.18 bits per heavy atom. The largest absolute Gasteiger partial charge is 0.0612 e. The molecule has 2 aliphatic rings. The van der Waals surface area contributed by atoms with Crippen molar-refractivity contribution in [3.8, 4) is 0 Å². The van der Waals surface area contributed by atoms with Crippen LogP contribution < -0.4 is 0 Å². The van der Waals surface area contributed by atoms with E-state index in [4.69, 9.17) is 0 Å². The number of hydrogen-bond acceptors (Lipinski definition) is 0. The summed E-state index contributed by atoms with van der Waals surface area (Å²) >= 11 is 0. The Morgan fingerprint density at radius 3 is 1.47 bits per heavy atom. The highest BCUT2D eigenvalue weighted by molar-refractivity contribution is 7.75. The van der Waals surface area contributed by atoms with Crippen LogP contribution >= 0.6 is 7.92 Å². The summed E-state index contributed by atoms with van der Waals surface area (Å²) in [4.78, 5) is 0. The quantitative estimate of drug-likeness (QED) is 0.541. The molecule has 0 radical (unpaired) electrons. The Balaban J connectivity index is 2.42. The van der Waals surface area contributed by atoms with E-state index < -0.39 is 0 Å². The van der Waals surface area contributed by atoms with Crippen LogP contribution in [0.3, 0.4) is 0 Å². The fourth-order valence-corrected chi connectivity index (χ4v) is 7.08. The molecule has 0 nitrogen and oxygen atoms in total. The van der Waals surface area contributed by atoms with Gasteiger partial charge in [-0.05, 0) is 77.2 Å². The van der Waals surface area contributed by atoms with Crippen molar-refractivity contribution in [1.29, 1.82) is 0 Å². The maximum Gasteiger partial charge on any atom is 0.0374 e. The Morgan fingerprint density at radius 1 is 0.824 bits per heavy atom. The minimum atomic E-state index is 0.0249. The summed E-state index contributed by atoms with van der Waals surface area (Å²) in [5.74, 6) is 0. The van der Waals surface area contributed by atoms with Gasteiger partial charge in [0.15, 0.2) is 0 Å². The van der Waals surface area contributed by atoms with E-state index in [-0.39, 0.29) is 7.92 Å². The highest BCUT2D eigenvalue weighted by atomic mass is 31.1. The van der Waals surface area contributed by atoms with Crippen LogP contribution in [0, 0.1) is 0 Å². The summed E-state index contributed by atoms with van der Waals surface area (Å²) in [6.45, 7) is 16.5. The molecule has 0 aromatic heterocycles. The third-order valence-corrected chi connectivity index (χ3v) is 8.68. The molecule has 0 amide bonds. The first kappa shape index (κ1) is 13.1. The van der Waals surface area contributed by atoms with E-state index in [9.17, 15) is 0 Å². The second kappa shape index (κ2) is 4.09. The number of rotatable bonds is 3. The van der Waals surface area contributed by atoms with Crippen molar-refractivity contribution >= 4 is 7.92 Å². The number of allylic oxidation sites excluding steroid dienone is 6. The van der Waals surface area contributed by atoms with Gasteiger partial charge in [0.2, 0.25) is 0 Å². The molecule has 1 aliphatic heterocycles. The Hall–Kier alpha value is -0.350. The molecule has 94 valence electrons. The zero-order valence-corrected chi connectivity index (χ0v) is 13.3. The monoisotopic (exact) mass is 248 g/mol. The van der Waals surface area contributed by atoms with Gasteiger partial charge in [0.25, 0.3) is 0 Å². The van der Waals surface area contributed by atoms with Crippen LogP contribution in [-0.2, 0) is 0 Å². The van der Waals surface area contributed by atoms with Crippen LogP contribution in [0.1, 0.15) is 61.3 Å². The van der Waals surface area contributed by atoms with Gasteiger partial charge in [-0.1, -0.05) is 25.0 Å². The molecule has 1 aliphatic carbocycles. The molecule has 0 spiro atoms. The van der Waals surface area contributed by atoms with Gasteiger partial charge >= 0.3 is 0 Å². The highest BCUT2D eigenvalue weighted by Crippen LogP contribution is 2.82. The average Bonchev–Trinajstić information content (AvgIpc) is 3.04. The molecular formula is C16H25P. The fourth-order valence-electron chi connectivity index (χ4n) is 3.41. The molecule has 0 atom stereocenters. The van der Waals surface area contributed by atoms with Gasteiger partial charge in [0.1, 0.15) is 0 Å². The van der Waals surface area contributed by atoms with Crippen molar-refractivity contribution in [1.82, 2.24) is 0 Å². The molecule has 0 unspecified atom stereocenters. The second-order valence-corrected chi connectivity index (χ2v) is 8.15. The Labute approximate surface area is 108 Å². The van der Waals surface area contributed by atoms with Crippen LogP contribution in [0.5, 0.6) is 0 Å². The fraction of sp³-hybridized carbons (Fsp3) is 0.625. The van der Waals surface area contributed by atoms with Crippen LogP contribution in [0.2, 0.25) is 0 Å². The lowest BCUT2D eigenvalue weighted by Crippen LogP contribution is -2.20.